The third kappa shape index (κ3) is 3.17. The van der Waals surface area contributed by atoms with Gasteiger partial charge in [-0.2, -0.15) is 5.10 Å². The first-order chi connectivity index (χ1) is 13.1. The Morgan fingerprint density at radius 1 is 1.07 bits per heavy atom. The van der Waals surface area contributed by atoms with Crippen molar-refractivity contribution < 1.29 is 13.5 Å². The Balaban J connectivity index is 1.73. The fourth-order valence-corrected chi connectivity index (χ4v) is 2.90. The first-order valence-electron chi connectivity index (χ1n) is 8.05. The molecular weight excluding hydrogens is 371 g/mol. The zero-order chi connectivity index (χ0) is 19.0. The van der Waals surface area contributed by atoms with Gasteiger partial charge in [-0.25, -0.2) is 9.07 Å². The maximum atomic E-state index is 13.1. The average Bonchev–Trinajstić information content (AvgIpc) is 3.29. The quantitative estimate of drug-likeness (QED) is 0.510. The van der Waals surface area contributed by atoms with Crippen molar-refractivity contribution in [3.63, 3.8) is 0 Å². The lowest BCUT2D eigenvalue weighted by Gasteiger charge is -2.10. The van der Waals surface area contributed by atoms with Gasteiger partial charge in [0.15, 0.2) is 0 Å². The molecule has 0 radical (unpaired) electrons. The Morgan fingerprint density at radius 2 is 1.81 bits per heavy atom. The Labute approximate surface area is 159 Å². The van der Waals surface area contributed by atoms with Gasteiger partial charge in [0.1, 0.15) is 17.3 Å². The van der Waals surface area contributed by atoms with Crippen molar-refractivity contribution in [2.24, 2.45) is 0 Å². The van der Waals surface area contributed by atoms with Gasteiger partial charge in [-0.15, -0.1) is 10.2 Å². The summed E-state index contributed by atoms with van der Waals surface area (Å²) < 4.78 is 25.9. The minimum Gasteiger partial charge on any atom is -0.494 e. The topological polar surface area (TPSA) is 66.0 Å². The van der Waals surface area contributed by atoms with E-state index in [4.69, 9.17) is 20.8 Å². The lowest BCUT2D eigenvalue weighted by atomic mass is 10.2. The van der Waals surface area contributed by atoms with Crippen molar-refractivity contribution in [1.82, 2.24) is 20.0 Å². The predicted octanol–water partition coefficient (Wildman–Crippen LogP) is 4.70. The fraction of sp³-hybridized carbons (Fsp3) is 0.105. The van der Waals surface area contributed by atoms with E-state index in [1.165, 1.54) is 12.1 Å². The van der Waals surface area contributed by atoms with E-state index in [-0.39, 0.29) is 5.82 Å². The van der Waals surface area contributed by atoms with Crippen LogP contribution in [0.25, 0.3) is 28.6 Å². The van der Waals surface area contributed by atoms with Crippen molar-refractivity contribution in [3.8, 4) is 34.3 Å². The molecule has 0 unspecified atom stereocenters. The summed E-state index contributed by atoms with van der Waals surface area (Å²) in [4.78, 5) is 0. The van der Waals surface area contributed by atoms with Crippen LogP contribution in [0.2, 0.25) is 5.02 Å². The maximum Gasteiger partial charge on any atom is 0.251 e. The molecule has 6 nitrogen and oxygen atoms in total. The molecular formula is C19H14ClFN4O2. The van der Waals surface area contributed by atoms with Gasteiger partial charge in [0, 0.05) is 10.6 Å². The third-order valence-corrected chi connectivity index (χ3v) is 4.36. The standard InChI is InChI=1S/C19H14ClFN4O2/c1-11-15(10-22-25(11)16-9-13(20)5-8-17(16)26-2)19-24-23-18(27-19)12-3-6-14(21)7-4-12/h3-10H,1-2H3. The van der Waals surface area contributed by atoms with Crippen LogP contribution in [0.3, 0.4) is 0 Å². The molecule has 0 aliphatic carbocycles. The van der Waals surface area contributed by atoms with Gasteiger partial charge in [0.25, 0.3) is 5.89 Å². The number of ether oxygens (including phenoxy) is 1. The van der Waals surface area contributed by atoms with Crippen molar-refractivity contribution in [2.75, 3.05) is 7.11 Å². The number of methoxy groups -OCH3 is 1. The maximum absolute atomic E-state index is 13.1. The molecule has 136 valence electrons. The highest BCUT2D eigenvalue weighted by Gasteiger charge is 2.18. The lowest BCUT2D eigenvalue weighted by Crippen LogP contribution is -2.02. The van der Waals surface area contributed by atoms with Gasteiger partial charge in [0.2, 0.25) is 5.89 Å². The molecule has 0 bridgehead atoms. The SMILES string of the molecule is COc1ccc(Cl)cc1-n1ncc(-c2nnc(-c3ccc(F)cc3)o2)c1C. The van der Waals surface area contributed by atoms with Gasteiger partial charge in [-0.1, -0.05) is 11.6 Å². The molecule has 0 N–H and O–H groups in total. The van der Waals surface area contributed by atoms with Crippen LogP contribution in [0.4, 0.5) is 4.39 Å². The number of benzene rings is 2. The van der Waals surface area contributed by atoms with E-state index in [2.05, 4.69) is 15.3 Å². The average molecular weight is 385 g/mol. The van der Waals surface area contributed by atoms with Crippen LogP contribution in [0.1, 0.15) is 5.69 Å². The summed E-state index contributed by atoms with van der Waals surface area (Å²) in [6, 6.07) is 11.1. The van der Waals surface area contributed by atoms with Gasteiger partial charge >= 0.3 is 0 Å². The molecule has 0 spiro atoms. The summed E-state index contributed by atoms with van der Waals surface area (Å²) in [5.74, 6) is 0.928. The minimum absolute atomic E-state index is 0.303. The Hall–Kier alpha value is -3.19. The number of hydrogen-bond donors (Lipinski definition) is 0. The Morgan fingerprint density at radius 3 is 2.56 bits per heavy atom. The zero-order valence-electron chi connectivity index (χ0n) is 14.5. The highest BCUT2D eigenvalue weighted by molar-refractivity contribution is 6.30. The molecule has 0 saturated heterocycles. The highest BCUT2D eigenvalue weighted by Crippen LogP contribution is 2.31. The van der Waals surface area contributed by atoms with Crippen LogP contribution < -0.4 is 4.74 Å². The van der Waals surface area contributed by atoms with E-state index in [9.17, 15) is 4.39 Å². The first-order valence-corrected chi connectivity index (χ1v) is 8.43. The van der Waals surface area contributed by atoms with Crippen molar-refractivity contribution in [1.29, 1.82) is 0 Å². The molecule has 0 atom stereocenters. The highest BCUT2D eigenvalue weighted by atomic mass is 35.5. The second kappa shape index (κ2) is 6.85. The van der Waals surface area contributed by atoms with Crippen LogP contribution >= 0.6 is 11.6 Å². The molecule has 4 aromatic rings. The van der Waals surface area contributed by atoms with E-state index in [1.807, 2.05) is 6.92 Å². The summed E-state index contributed by atoms with van der Waals surface area (Å²) in [6.07, 6.45) is 1.64. The smallest absolute Gasteiger partial charge is 0.251 e. The summed E-state index contributed by atoms with van der Waals surface area (Å²) >= 11 is 6.12. The Bertz CT molecular complexity index is 1110. The minimum atomic E-state index is -0.328. The second-order valence-electron chi connectivity index (χ2n) is 5.79. The number of nitrogens with zero attached hydrogens (tertiary/aromatic N) is 4. The molecule has 27 heavy (non-hydrogen) atoms. The molecule has 8 heteroatoms. The van der Waals surface area contributed by atoms with E-state index >= 15 is 0 Å². The van der Waals surface area contributed by atoms with Crippen molar-refractivity contribution in [2.45, 2.75) is 6.92 Å². The second-order valence-corrected chi connectivity index (χ2v) is 6.23. The van der Waals surface area contributed by atoms with E-state index < -0.39 is 0 Å². The van der Waals surface area contributed by atoms with Crippen LogP contribution in [-0.4, -0.2) is 27.1 Å². The number of hydrogen-bond acceptors (Lipinski definition) is 5. The van der Waals surface area contributed by atoms with Crippen molar-refractivity contribution in [3.05, 3.63) is 65.2 Å². The van der Waals surface area contributed by atoms with Crippen LogP contribution in [0.5, 0.6) is 5.75 Å². The number of halogens is 2. The summed E-state index contributed by atoms with van der Waals surface area (Å²) in [5, 5.41) is 13.1. The van der Waals surface area contributed by atoms with Gasteiger partial charge in [-0.3, -0.25) is 0 Å². The number of rotatable bonds is 4. The third-order valence-electron chi connectivity index (χ3n) is 4.13. The van der Waals surface area contributed by atoms with Crippen LogP contribution in [0.15, 0.2) is 53.1 Å². The van der Waals surface area contributed by atoms with Crippen molar-refractivity contribution >= 4 is 11.6 Å². The predicted molar refractivity (Wildman–Crippen MR) is 98.5 cm³/mol. The molecule has 0 aliphatic rings. The van der Waals surface area contributed by atoms with E-state index in [1.54, 1.807) is 48.3 Å². The summed E-state index contributed by atoms with van der Waals surface area (Å²) in [7, 11) is 1.58. The van der Waals surface area contributed by atoms with E-state index in [0.717, 1.165) is 5.69 Å². The fourth-order valence-electron chi connectivity index (χ4n) is 2.73. The van der Waals surface area contributed by atoms with Gasteiger partial charge in [0.05, 0.1) is 24.6 Å². The normalized spacial score (nSPS) is 11.0. The lowest BCUT2D eigenvalue weighted by molar-refractivity contribution is 0.411. The molecule has 0 amide bonds. The van der Waals surface area contributed by atoms with Crippen LogP contribution in [-0.2, 0) is 0 Å². The summed E-state index contributed by atoms with van der Waals surface area (Å²) in [6.45, 7) is 1.88. The van der Waals surface area contributed by atoms with Gasteiger partial charge in [-0.05, 0) is 49.4 Å². The number of aromatic nitrogens is 4. The molecule has 0 saturated carbocycles. The molecule has 0 aliphatic heterocycles. The molecule has 2 heterocycles. The zero-order valence-corrected chi connectivity index (χ0v) is 15.2. The van der Waals surface area contributed by atoms with Gasteiger partial charge < -0.3 is 9.15 Å². The molecule has 4 rings (SSSR count). The monoisotopic (exact) mass is 384 g/mol. The summed E-state index contributed by atoms with van der Waals surface area (Å²) in [5.41, 5.74) is 2.80. The Kier molecular flexibility index (Phi) is 4.37. The largest absolute Gasteiger partial charge is 0.494 e. The van der Waals surface area contributed by atoms with Crippen LogP contribution in [0, 0.1) is 12.7 Å². The molecule has 0 fully saturated rings. The van der Waals surface area contributed by atoms with E-state index in [0.29, 0.717) is 39.4 Å². The molecule has 2 aromatic carbocycles. The first kappa shape index (κ1) is 17.2. The molecule has 2 aromatic heterocycles.